The summed E-state index contributed by atoms with van der Waals surface area (Å²) in [7, 11) is 0. The van der Waals surface area contributed by atoms with Crippen LogP contribution in [-0.2, 0) is 30.9 Å². The van der Waals surface area contributed by atoms with Crippen molar-refractivity contribution in [3.8, 4) is 0 Å². The standard InChI is InChI=1S/C19H27NO3.C7H6O.2C5H5.BClF3.Zr/c1-3-4-5-7-10-15(2)13-18(21)20-17(14-23-19(20)22)16-11-8-6-9-12-16;8-6-7-4-2-1-3-5-7;2*1-2-4-5-3-1;2-1(3,4)5;/h6,8-9,11-13,15,17,21H,3-5,7,10,14H2,1-2H3;1-6H;2*1-5H;;/q;;3*-1;/b18-13-;;;;;/t15-,17-;;;;;/m0...../s1. The number of halogens is 4. The molecule has 0 aliphatic carbocycles. The van der Waals surface area contributed by atoms with Gasteiger partial charge in [0.15, 0.2) is 5.88 Å². The molecule has 1 aliphatic heterocycles. The molecular weight excluding hydrogens is 705 g/mol. The first-order chi connectivity index (χ1) is 22.1. The van der Waals surface area contributed by atoms with E-state index >= 15 is 0 Å². The first-order valence-electron chi connectivity index (χ1n) is 15.2. The van der Waals surface area contributed by atoms with Gasteiger partial charge in [-0.3, -0.25) is 16.3 Å². The molecule has 1 saturated heterocycles. The molecule has 1 fully saturated rings. The van der Waals surface area contributed by atoms with Crippen molar-refractivity contribution in [3.63, 3.8) is 0 Å². The molecule has 254 valence electrons. The van der Waals surface area contributed by atoms with Gasteiger partial charge in [0.05, 0.1) is 0 Å². The Bertz CT molecular complexity index is 1240. The molecule has 1 heterocycles. The van der Waals surface area contributed by atoms with Crippen LogP contribution in [0.3, 0.4) is 0 Å². The number of aliphatic hydroxyl groups is 1. The summed E-state index contributed by atoms with van der Waals surface area (Å²) in [6.45, 7) is 4.53. The largest absolute Gasteiger partial charge is 0.576 e. The average molecular weight is 748 g/mol. The number of unbranched alkanes of at least 4 members (excludes halogenated alkanes) is 3. The molecule has 0 bridgehead atoms. The number of aldehydes is 1. The predicted octanol–water partition coefficient (Wildman–Crippen LogP) is 11.1. The van der Waals surface area contributed by atoms with E-state index in [0.29, 0.717) is 0 Å². The molecule has 0 aromatic heterocycles. The Labute approximate surface area is 301 Å². The monoisotopic (exact) mass is 746 g/mol. The van der Waals surface area contributed by atoms with Crippen LogP contribution in [0.2, 0.25) is 0 Å². The average Bonchev–Trinajstić information content (AvgIpc) is 3.86. The number of hydrogen-bond donors (Lipinski definition) is 1. The van der Waals surface area contributed by atoms with Gasteiger partial charge >= 0.3 is 12.5 Å². The molecule has 5 rings (SSSR count). The second kappa shape index (κ2) is 26.7. The van der Waals surface area contributed by atoms with E-state index in [1.807, 2.05) is 109 Å². The van der Waals surface area contributed by atoms with Crippen LogP contribution in [0.5, 0.6) is 0 Å². The number of amides is 1. The maximum absolute atomic E-state index is 12.0. The molecule has 0 spiro atoms. The second-order valence-corrected chi connectivity index (χ2v) is 10.7. The van der Waals surface area contributed by atoms with Gasteiger partial charge in [-0.2, -0.15) is 36.4 Å². The van der Waals surface area contributed by atoms with Crippen molar-refractivity contribution in [2.75, 3.05) is 6.61 Å². The van der Waals surface area contributed by atoms with Crippen LogP contribution in [0.4, 0.5) is 17.7 Å². The van der Waals surface area contributed by atoms with Gasteiger partial charge in [-0.05, 0) is 24.0 Å². The molecule has 1 N–H and O–H groups in total. The topological polar surface area (TPSA) is 66.8 Å². The summed E-state index contributed by atoms with van der Waals surface area (Å²) < 4.78 is 35.7. The van der Waals surface area contributed by atoms with Gasteiger partial charge < -0.3 is 22.8 Å². The van der Waals surface area contributed by atoms with Crippen LogP contribution in [0.25, 0.3) is 0 Å². The normalized spacial score (nSPS) is 14.1. The summed E-state index contributed by atoms with van der Waals surface area (Å²) >= 11 is 3.59. The number of aliphatic hydroxyl groups excluding tert-OH is 1. The van der Waals surface area contributed by atoms with Crippen molar-refractivity contribution in [1.82, 2.24) is 4.90 Å². The van der Waals surface area contributed by atoms with Crippen molar-refractivity contribution in [3.05, 3.63) is 144 Å². The summed E-state index contributed by atoms with van der Waals surface area (Å²) in [6, 6.07) is 38.5. The summed E-state index contributed by atoms with van der Waals surface area (Å²) in [5.41, 5.74) is 1.70. The third-order valence-corrected chi connectivity index (χ3v) is 6.30. The number of carbonyl (C=O) groups excluding carboxylic acids is 2. The number of allylic oxidation sites excluding steroid dienone is 1. The second-order valence-electron chi connectivity index (χ2n) is 10.2. The smallest absolute Gasteiger partial charge is 0.495 e. The molecular formula is C36H43BClF3NO4Zr-3. The van der Waals surface area contributed by atoms with Crippen LogP contribution in [0.15, 0.2) is 133 Å². The zero-order valence-electron chi connectivity index (χ0n) is 26.8. The van der Waals surface area contributed by atoms with Gasteiger partial charge in [-0.25, -0.2) is 34.0 Å². The van der Waals surface area contributed by atoms with Gasteiger partial charge in [0, 0.05) is 31.8 Å². The van der Waals surface area contributed by atoms with Crippen LogP contribution in [0, 0.1) is 5.92 Å². The maximum Gasteiger partial charge on any atom is 0.576 e. The van der Waals surface area contributed by atoms with Crippen molar-refractivity contribution < 1.29 is 58.6 Å². The van der Waals surface area contributed by atoms with Gasteiger partial charge in [-0.15, -0.1) is 0 Å². The van der Waals surface area contributed by atoms with Crippen molar-refractivity contribution in [2.24, 2.45) is 5.92 Å². The Hall–Kier alpha value is -3.35. The van der Waals surface area contributed by atoms with E-state index in [-0.39, 0.29) is 50.7 Å². The molecule has 2 atom stereocenters. The first-order valence-corrected chi connectivity index (χ1v) is 15.6. The Balaban J connectivity index is 0.000000708. The van der Waals surface area contributed by atoms with Crippen molar-refractivity contribution in [2.45, 2.75) is 52.0 Å². The fourth-order valence-electron chi connectivity index (χ4n) is 4.08. The van der Waals surface area contributed by atoms with Gasteiger partial charge in [-0.1, -0.05) is 100 Å². The van der Waals surface area contributed by atoms with Gasteiger partial charge in [0.2, 0.25) is 0 Å². The molecule has 1 amide bonds. The number of carbonyl (C=O) groups is 2. The molecule has 0 radical (unpaired) electrons. The van der Waals surface area contributed by atoms with Crippen molar-refractivity contribution in [1.29, 1.82) is 0 Å². The molecule has 11 heteroatoms. The van der Waals surface area contributed by atoms with Crippen LogP contribution >= 0.6 is 11.5 Å². The summed E-state index contributed by atoms with van der Waals surface area (Å²) in [5, 5.41) is 10.4. The summed E-state index contributed by atoms with van der Waals surface area (Å²) in [4.78, 5) is 23.3. The molecule has 5 nitrogen and oxygen atoms in total. The summed E-state index contributed by atoms with van der Waals surface area (Å²) in [6.07, 6.45) is 2.94. The number of hydrogen-bond acceptors (Lipinski definition) is 4. The fraction of sp³-hybridized carbons (Fsp3) is 0.278. The van der Waals surface area contributed by atoms with E-state index in [1.54, 1.807) is 18.2 Å². The van der Waals surface area contributed by atoms with E-state index in [0.717, 1.165) is 30.3 Å². The summed E-state index contributed by atoms with van der Waals surface area (Å²) in [5.74, 6) is 0.237. The van der Waals surface area contributed by atoms with Gasteiger partial charge in [0.1, 0.15) is 18.9 Å². The number of cyclic esters (lactones) is 1. The molecule has 4 aromatic carbocycles. The molecule has 4 aromatic rings. The quantitative estimate of drug-likeness (QED) is 0.0609. The Morgan fingerprint density at radius 3 is 1.83 bits per heavy atom. The number of nitrogens with zero attached hydrogens (tertiary/aromatic N) is 1. The van der Waals surface area contributed by atoms with Crippen LogP contribution in [-0.4, -0.2) is 35.4 Å². The van der Waals surface area contributed by atoms with E-state index in [9.17, 15) is 27.6 Å². The number of ether oxygens (including phenoxy) is 1. The minimum absolute atomic E-state index is 0. The zero-order valence-corrected chi connectivity index (χ0v) is 30.0. The fourth-order valence-corrected chi connectivity index (χ4v) is 4.08. The van der Waals surface area contributed by atoms with E-state index in [1.165, 1.54) is 24.2 Å². The van der Waals surface area contributed by atoms with Gasteiger partial charge in [0.25, 0.3) is 0 Å². The van der Waals surface area contributed by atoms with E-state index in [4.69, 9.17) is 4.74 Å². The van der Waals surface area contributed by atoms with Crippen LogP contribution in [0.1, 0.15) is 67.9 Å². The number of benzene rings is 2. The van der Waals surface area contributed by atoms with E-state index in [2.05, 4.69) is 25.3 Å². The Morgan fingerprint density at radius 1 is 0.936 bits per heavy atom. The molecule has 0 saturated carbocycles. The predicted molar refractivity (Wildman–Crippen MR) is 182 cm³/mol. The third-order valence-electron chi connectivity index (χ3n) is 6.30. The molecule has 1 aliphatic rings. The van der Waals surface area contributed by atoms with Crippen LogP contribution < -0.4 is 0 Å². The Kier molecular flexibility index (Phi) is 24.8. The maximum atomic E-state index is 12.0. The SMILES string of the molecule is CCCCCC[C@H](C)/C=C(\O)N1C(=O)OC[C@H]1c1ccccc1.F[B-](F)(F)Cl.O=Cc1ccccc1.[Zr].c1cc[cH-]c1.c1cc[cH-]c1. The molecule has 47 heavy (non-hydrogen) atoms. The first kappa shape index (κ1) is 43.6. The Morgan fingerprint density at radius 2 is 1.43 bits per heavy atom. The minimum atomic E-state index is -5.03. The zero-order chi connectivity index (χ0) is 34.0. The third kappa shape index (κ3) is 22.8. The minimum Gasteiger partial charge on any atom is -0.495 e. The molecule has 0 unspecified atom stereocenters. The number of rotatable bonds is 9. The van der Waals surface area contributed by atoms with E-state index < -0.39 is 12.5 Å². The van der Waals surface area contributed by atoms with Crippen molar-refractivity contribution >= 4 is 30.2 Å².